The van der Waals surface area contributed by atoms with Gasteiger partial charge in [-0.2, -0.15) is 0 Å². The molecule has 5 heteroatoms. The molecule has 2 rings (SSSR count). The zero-order valence-electron chi connectivity index (χ0n) is 20.0. The summed E-state index contributed by atoms with van der Waals surface area (Å²) in [4.78, 5) is 12.2. The van der Waals surface area contributed by atoms with E-state index >= 15 is 0 Å². The minimum absolute atomic E-state index is 0.0479. The lowest BCUT2D eigenvalue weighted by molar-refractivity contribution is -0.217. The van der Waals surface area contributed by atoms with Crippen LogP contribution < -0.4 is 0 Å². The number of hydrogen-bond donors (Lipinski definition) is 0. The van der Waals surface area contributed by atoms with Crippen molar-refractivity contribution in [3.8, 4) is 0 Å². The fourth-order valence-electron chi connectivity index (χ4n) is 4.31. The Morgan fingerprint density at radius 2 is 1.17 bits per heavy atom. The van der Waals surface area contributed by atoms with Gasteiger partial charge in [-0.25, -0.2) is 0 Å². The van der Waals surface area contributed by atoms with E-state index in [1.807, 2.05) is 0 Å². The maximum Gasteiger partial charge on any atom is 0.158 e. The van der Waals surface area contributed by atoms with Crippen molar-refractivity contribution in [1.82, 2.24) is 0 Å². The van der Waals surface area contributed by atoms with Crippen molar-refractivity contribution in [2.45, 2.75) is 141 Å². The largest absolute Gasteiger partial charge is 0.353 e. The van der Waals surface area contributed by atoms with Gasteiger partial charge in [0.2, 0.25) is 0 Å². The Hall–Kier alpha value is -0.490. The smallest absolute Gasteiger partial charge is 0.158 e. The van der Waals surface area contributed by atoms with Gasteiger partial charge in [-0.3, -0.25) is 4.79 Å². The standard InChI is InChI=1S/C25H46O5/c1-24(2,29-22-15-7-11-19-27-22)17-9-5-13-21(26)14-6-10-18-25(3,4)30-23-16-8-12-20-28-23/h22-23H,5-20H2,1-4H3. The number of carbonyl (C=O) groups excluding carboxylic acids is 1. The summed E-state index contributed by atoms with van der Waals surface area (Å²) in [5, 5.41) is 0. The minimum atomic E-state index is -0.182. The Labute approximate surface area is 184 Å². The van der Waals surface area contributed by atoms with Crippen molar-refractivity contribution in [3.05, 3.63) is 0 Å². The average molecular weight is 427 g/mol. The summed E-state index contributed by atoms with van der Waals surface area (Å²) in [5.41, 5.74) is -0.364. The second-order valence-electron chi connectivity index (χ2n) is 10.3. The van der Waals surface area contributed by atoms with Gasteiger partial charge in [0.05, 0.1) is 11.2 Å². The molecule has 5 nitrogen and oxygen atoms in total. The maximum atomic E-state index is 12.2. The zero-order chi connectivity index (χ0) is 21.9. The summed E-state index contributed by atoms with van der Waals surface area (Å²) in [7, 11) is 0. The van der Waals surface area contributed by atoms with E-state index in [1.165, 1.54) is 12.8 Å². The van der Waals surface area contributed by atoms with E-state index in [9.17, 15) is 4.79 Å². The van der Waals surface area contributed by atoms with E-state index in [2.05, 4.69) is 27.7 Å². The quantitative estimate of drug-likeness (QED) is 0.304. The van der Waals surface area contributed by atoms with Crippen LogP contribution in [0.2, 0.25) is 0 Å². The second kappa shape index (κ2) is 13.1. The van der Waals surface area contributed by atoms with Gasteiger partial charge in [-0.05, 0) is 91.9 Å². The first kappa shape index (κ1) is 25.8. The fourth-order valence-corrected chi connectivity index (χ4v) is 4.31. The Bertz CT molecular complexity index is 434. The van der Waals surface area contributed by atoms with Crippen LogP contribution >= 0.6 is 0 Å². The van der Waals surface area contributed by atoms with Gasteiger partial charge >= 0.3 is 0 Å². The van der Waals surface area contributed by atoms with Crippen molar-refractivity contribution in [2.24, 2.45) is 0 Å². The van der Waals surface area contributed by atoms with Crippen LogP contribution in [0.5, 0.6) is 0 Å². The number of ether oxygens (including phenoxy) is 4. The molecular formula is C25H46O5. The molecule has 0 aromatic heterocycles. The molecule has 2 aliphatic rings. The summed E-state index contributed by atoms with van der Waals surface area (Å²) in [6.45, 7) is 10.2. The Morgan fingerprint density at radius 3 is 1.53 bits per heavy atom. The van der Waals surface area contributed by atoms with Gasteiger partial charge in [0.15, 0.2) is 12.6 Å². The first-order chi connectivity index (χ1) is 14.3. The topological polar surface area (TPSA) is 54.0 Å². The van der Waals surface area contributed by atoms with E-state index in [0.29, 0.717) is 18.6 Å². The monoisotopic (exact) mass is 426 g/mol. The predicted octanol–water partition coefficient (Wildman–Crippen LogP) is 6.32. The van der Waals surface area contributed by atoms with Crippen LogP contribution in [-0.4, -0.2) is 42.8 Å². The number of Topliss-reactive ketones (excluding diaryl/α,β-unsaturated/α-hetero) is 1. The highest BCUT2D eigenvalue weighted by Crippen LogP contribution is 2.26. The lowest BCUT2D eigenvalue weighted by atomic mass is 9.97. The van der Waals surface area contributed by atoms with Crippen molar-refractivity contribution in [1.29, 1.82) is 0 Å². The highest BCUT2D eigenvalue weighted by molar-refractivity contribution is 5.78. The number of unbranched alkanes of at least 4 members (excludes halogenated alkanes) is 2. The first-order valence-corrected chi connectivity index (χ1v) is 12.4. The van der Waals surface area contributed by atoms with Crippen molar-refractivity contribution >= 4 is 5.78 Å². The molecule has 0 aromatic carbocycles. The molecule has 2 unspecified atom stereocenters. The maximum absolute atomic E-state index is 12.2. The fraction of sp³-hybridized carbons (Fsp3) is 0.960. The van der Waals surface area contributed by atoms with Gasteiger partial charge in [0.1, 0.15) is 5.78 Å². The average Bonchev–Trinajstić information content (AvgIpc) is 2.69. The van der Waals surface area contributed by atoms with E-state index < -0.39 is 0 Å². The van der Waals surface area contributed by atoms with Gasteiger partial charge in [0, 0.05) is 26.1 Å². The zero-order valence-corrected chi connectivity index (χ0v) is 20.0. The Morgan fingerprint density at radius 1 is 0.733 bits per heavy atom. The SMILES string of the molecule is CC(C)(CCCCC(=O)CCCCC(C)(C)OC1CCCCO1)OC1CCCCO1. The number of carbonyl (C=O) groups is 1. The van der Waals surface area contributed by atoms with Crippen LogP contribution in [0.25, 0.3) is 0 Å². The molecule has 0 aliphatic carbocycles. The third kappa shape index (κ3) is 11.2. The summed E-state index contributed by atoms with van der Waals surface area (Å²) < 4.78 is 23.6. The summed E-state index contributed by atoms with van der Waals surface area (Å²) in [5.74, 6) is 0.388. The molecule has 2 atom stereocenters. The number of rotatable bonds is 14. The highest BCUT2D eigenvalue weighted by atomic mass is 16.7. The molecule has 0 aromatic rings. The molecule has 0 N–H and O–H groups in total. The third-order valence-corrected chi connectivity index (χ3v) is 6.15. The summed E-state index contributed by atoms with van der Waals surface area (Å²) >= 11 is 0. The molecule has 30 heavy (non-hydrogen) atoms. The molecule has 2 saturated heterocycles. The van der Waals surface area contributed by atoms with Crippen LogP contribution in [0.4, 0.5) is 0 Å². The molecule has 0 saturated carbocycles. The lowest BCUT2D eigenvalue weighted by Gasteiger charge is -2.33. The van der Waals surface area contributed by atoms with Crippen molar-refractivity contribution in [3.63, 3.8) is 0 Å². The van der Waals surface area contributed by atoms with Gasteiger partial charge in [-0.15, -0.1) is 0 Å². The third-order valence-electron chi connectivity index (χ3n) is 6.15. The second-order valence-corrected chi connectivity index (χ2v) is 10.3. The van der Waals surface area contributed by atoms with Crippen LogP contribution in [0.15, 0.2) is 0 Å². The number of ketones is 1. The summed E-state index contributed by atoms with van der Waals surface area (Å²) in [6.07, 6.45) is 13.8. The molecule has 0 bridgehead atoms. The van der Waals surface area contributed by atoms with E-state index in [0.717, 1.165) is 77.4 Å². The molecule has 0 radical (unpaired) electrons. The first-order valence-electron chi connectivity index (χ1n) is 12.4. The highest BCUT2D eigenvalue weighted by Gasteiger charge is 2.26. The molecular weight excluding hydrogens is 380 g/mol. The van der Waals surface area contributed by atoms with Crippen LogP contribution in [0.3, 0.4) is 0 Å². The molecule has 0 spiro atoms. The van der Waals surface area contributed by atoms with Crippen molar-refractivity contribution < 1.29 is 23.7 Å². The number of hydrogen-bond acceptors (Lipinski definition) is 5. The van der Waals surface area contributed by atoms with E-state index in [4.69, 9.17) is 18.9 Å². The molecule has 0 amide bonds. The molecule has 2 fully saturated rings. The van der Waals surface area contributed by atoms with E-state index in [1.54, 1.807) is 0 Å². The molecule has 2 aliphatic heterocycles. The Balaban J connectivity index is 1.49. The minimum Gasteiger partial charge on any atom is -0.353 e. The normalized spacial score (nSPS) is 23.5. The lowest BCUT2D eigenvalue weighted by Crippen LogP contribution is -2.34. The van der Waals surface area contributed by atoms with E-state index in [-0.39, 0.29) is 23.8 Å². The van der Waals surface area contributed by atoms with Gasteiger partial charge in [-0.1, -0.05) is 12.8 Å². The van der Waals surface area contributed by atoms with Gasteiger partial charge in [0.25, 0.3) is 0 Å². The van der Waals surface area contributed by atoms with Crippen LogP contribution in [0, 0.1) is 0 Å². The van der Waals surface area contributed by atoms with Gasteiger partial charge < -0.3 is 18.9 Å². The van der Waals surface area contributed by atoms with Crippen LogP contribution in [0.1, 0.15) is 118 Å². The van der Waals surface area contributed by atoms with Crippen LogP contribution in [-0.2, 0) is 23.7 Å². The summed E-state index contributed by atoms with van der Waals surface area (Å²) in [6, 6.07) is 0. The molecule has 2 heterocycles. The Kier molecular flexibility index (Phi) is 11.3. The van der Waals surface area contributed by atoms with Crippen molar-refractivity contribution in [2.75, 3.05) is 13.2 Å². The molecule has 176 valence electrons. The predicted molar refractivity (Wildman–Crippen MR) is 119 cm³/mol.